The van der Waals surface area contributed by atoms with Crippen LogP contribution >= 0.6 is 0 Å². The van der Waals surface area contributed by atoms with Gasteiger partial charge in [0.25, 0.3) is 0 Å². The van der Waals surface area contributed by atoms with E-state index in [0.717, 1.165) is 11.1 Å². The fourth-order valence-corrected chi connectivity index (χ4v) is 3.24. The molecule has 4 heteroatoms. The minimum atomic E-state index is -1.51. The van der Waals surface area contributed by atoms with Crippen molar-refractivity contribution in [3.8, 4) is 0 Å². The lowest BCUT2D eigenvalue weighted by molar-refractivity contribution is 0.112. The molecule has 0 spiro atoms. The Morgan fingerprint density at radius 3 is 1.37 bits per heavy atom. The van der Waals surface area contributed by atoms with Crippen molar-refractivity contribution in [1.82, 2.24) is 0 Å². The Bertz CT molecular complexity index is 851. The number of carbonyl (C=O) groups excluding carboxylic acids is 1. The van der Waals surface area contributed by atoms with Gasteiger partial charge in [0.05, 0.1) is 0 Å². The molecule has 0 bridgehead atoms. The second kappa shape index (κ2) is 8.67. The molecular weight excluding hydrogens is 349 g/mol. The van der Waals surface area contributed by atoms with Gasteiger partial charge in [-0.05, 0) is 36.8 Å². The van der Waals surface area contributed by atoms with Gasteiger partial charge in [-0.2, -0.15) is 0 Å². The molecule has 0 radical (unpaired) electrons. The van der Waals surface area contributed by atoms with E-state index in [2.05, 4.69) is 0 Å². The van der Waals surface area contributed by atoms with Crippen LogP contribution in [0.3, 0.4) is 0 Å². The third kappa shape index (κ3) is 4.27. The van der Waals surface area contributed by atoms with Crippen LogP contribution in [0.4, 0.5) is 13.2 Å². The smallest absolute Gasteiger partial charge is 0.195 e. The maximum atomic E-state index is 14.4. The molecule has 0 aliphatic heterocycles. The molecule has 0 fully saturated rings. The van der Waals surface area contributed by atoms with E-state index in [1.807, 2.05) is 60.7 Å². The van der Waals surface area contributed by atoms with E-state index in [-0.39, 0.29) is 29.5 Å². The van der Waals surface area contributed by atoms with Crippen LogP contribution in [0.1, 0.15) is 32.6 Å². The largest absolute Gasteiger partial charge is 0.298 e. The summed E-state index contributed by atoms with van der Waals surface area (Å²) in [6.07, 6.45) is 1.55. The summed E-state index contributed by atoms with van der Waals surface area (Å²) in [5.74, 6) is -4.05. The van der Waals surface area contributed by atoms with Gasteiger partial charge in [0.15, 0.2) is 23.7 Å². The highest BCUT2D eigenvalue weighted by Gasteiger charge is 2.24. The molecule has 3 aromatic rings. The zero-order chi connectivity index (χ0) is 19.2. The van der Waals surface area contributed by atoms with E-state index in [0.29, 0.717) is 19.1 Å². The highest BCUT2D eigenvalue weighted by Crippen LogP contribution is 2.27. The van der Waals surface area contributed by atoms with Gasteiger partial charge in [-0.1, -0.05) is 60.7 Å². The average molecular weight is 368 g/mol. The molecular formula is C23H19F3O. The molecule has 0 saturated heterocycles. The SMILES string of the molecule is O=Cc1c(CCc2ccccc2)c(F)c(F)c(F)c1CCc1ccccc1. The lowest BCUT2D eigenvalue weighted by Gasteiger charge is -2.14. The standard InChI is InChI=1S/C23H19F3O/c24-21-18(13-11-16-7-3-1-4-8-16)20(15-27)19(22(25)23(21)26)14-12-17-9-5-2-6-10-17/h1-10,15H,11-14H2. The van der Waals surface area contributed by atoms with Crippen molar-refractivity contribution in [2.24, 2.45) is 0 Å². The molecule has 27 heavy (non-hydrogen) atoms. The maximum Gasteiger partial charge on any atom is 0.195 e. The molecule has 1 nitrogen and oxygen atoms in total. The Hall–Kier alpha value is -2.88. The lowest BCUT2D eigenvalue weighted by Crippen LogP contribution is -2.12. The van der Waals surface area contributed by atoms with Gasteiger partial charge < -0.3 is 0 Å². The maximum absolute atomic E-state index is 14.4. The monoisotopic (exact) mass is 368 g/mol. The Morgan fingerprint density at radius 1 is 0.593 bits per heavy atom. The molecule has 3 aromatic carbocycles. The highest BCUT2D eigenvalue weighted by molar-refractivity contribution is 5.80. The molecule has 0 N–H and O–H groups in total. The van der Waals surface area contributed by atoms with Crippen molar-refractivity contribution in [1.29, 1.82) is 0 Å². The second-order valence-electron chi connectivity index (χ2n) is 6.40. The van der Waals surface area contributed by atoms with Gasteiger partial charge >= 0.3 is 0 Å². The number of carbonyl (C=O) groups is 1. The van der Waals surface area contributed by atoms with Crippen LogP contribution in [0.2, 0.25) is 0 Å². The number of hydrogen-bond acceptors (Lipinski definition) is 1. The molecule has 0 aliphatic carbocycles. The van der Waals surface area contributed by atoms with Crippen molar-refractivity contribution in [2.45, 2.75) is 25.7 Å². The molecule has 0 saturated carbocycles. The first-order valence-electron chi connectivity index (χ1n) is 8.83. The Kier molecular flexibility index (Phi) is 6.07. The van der Waals surface area contributed by atoms with Crippen molar-refractivity contribution >= 4 is 6.29 Å². The zero-order valence-corrected chi connectivity index (χ0v) is 14.7. The normalized spacial score (nSPS) is 10.8. The van der Waals surface area contributed by atoms with E-state index < -0.39 is 17.5 Å². The third-order valence-corrected chi connectivity index (χ3v) is 4.70. The molecule has 0 aliphatic rings. The van der Waals surface area contributed by atoms with E-state index in [1.165, 1.54) is 0 Å². The summed E-state index contributed by atoms with van der Waals surface area (Å²) in [5, 5.41) is 0. The van der Waals surface area contributed by atoms with Gasteiger partial charge in [0.2, 0.25) is 0 Å². The lowest BCUT2D eigenvalue weighted by atomic mass is 9.92. The number of benzene rings is 3. The number of rotatable bonds is 7. The Labute approximate surface area is 156 Å². The first kappa shape index (κ1) is 18.9. The summed E-state index contributed by atoms with van der Waals surface area (Å²) in [6.45, 7) is 0. The third-order valence-electron chi connectivity index (χ3n) is 4.70. The van der Waals surface area contributed by atoms with Gasteiger partial charge in [0.1, 0.15) is 0 Å². The van der Waals surface area contributed by atoms with Crippen LogP contribution in [0.15, 0.2) is 60.7 Å². The average Bonchev–Trinajstić information content (AvgIpc) is 2.72. The molecule has 138 valence electrons. The predicted molar refractivity (Wildman–Crippen MR) is 99.4 cm³/mol. The van der Waals surface area contributed by atoms with Crippen LogP contribution in [0.5, 0.6) is 0 Å². The summed E-state index contributed by atoms with van der Waals surface area (Å²) in [5.41, 5.74) is 1.68. The first-order chi connectivity index (χ1) is 13.1. The second-order valence-corrected chi connectivity index (χ2v) is 6.40. The number of aldehydes is 1. The van der Waals surface area contributed by atoms with Crippen molar-refractivity contribution in [3.63, 3.8) is 0 Å². The molecule has 3 rings (SSSR count). The summed E-state index contributed by atoms with van der Waals surface area (Å²) in [7, 11) is 0. The number of hydrogen-bond donors (Lipinski definition) is 0. The van der Waals surface area contributed by atoms with E-state index in [1.54, 1.807) is 0 Å². The number of halogens is 3. The first-order valence-corrected chi connectivity index (χ1v) is 8.83. The molecule has 0 unspecified atom stereocenters. The molecule has 0 amide bonds. The van der Waals surface area contributed by atoms with Crippen LogP contribution in [-0.4, -0.2) is 6.29 Å². The minimum absolute atomic E-state index is 0.0594. The van der Waals surface area contributed by atoms with Crippen LogP contribution < -0.4 is 0 Å². The van der Waals surface area contributed by atoms with Crippen molar-refractivity contribution in [3.05, 3.63) is 106 Å². The van der Waals surface area contributed by atoms with Crippen LogP contribution in [0, 0.1) is 17.5 Å². The summed E-state index contributed by atoms with van der Waals surface area (Å²) >= 11 is 0. The zero-order valence-electron chi connectivity index (χ0n) is 14.7. The fraction of sp³-hybridized carbons (Fsp3) is 0.174. The van der Waals surface area contributed by atoms with Crippen molar-refractivity contribution < 1.29 is 18.0 Å². The molecule has 0 heterocycles. The minimum Gasteiger partial charge on any atom is -0.298 e. The summed E-state index contributed by atoms with van der Waals surface area (Å²) in [6, 6.07) is 18.6. The molecule has 0 atom stereocenters. The van der Waals surface area contributed by atoms with Gasteiger partial charge in [0, 0.05) is 16.7 Å². The van der Waals surface area contributed by atoms with E-state index in [4.69, 9.17) is 0 Å². The van der Waals surface area contributed by atoms with Gasteiger partial charge in [-0.15, -0.1) is 0 Å². The topological polar surface area (TPSA) is 17.1 Å². The van der Waals surface area contributed by atoms with Gasteiger partial charge in [-0.3, -0.25) is 4.79 Å². The predicted octanol–water partition coefficient (Wildman–Crippen LogP) is 5.49. The van der Waals surface area contributed by atoms with Crippen LogP contribution in [-0.2, 0) is 25.7 Å². The highest BCUT2D eigenvalue weighted by atomic mass is 19.2. The Morgan fingerprint density at radius 2 is 1.00 bits per heavy atom. The molecule has 0 aromatic heterocycles. The fourth-order valence-electron chi connectivity index (χ4n) is 3.24. The Balaban J connectivity index is 1.92. The van der Waals surface area contributed by atoms with Crippen molar-refractivity contribution in [2.75, 3.05) is 0 Å². The van der Waals surface area contributed by atoms with Crippen LogP contribution in [0.25, 0.3) is 0 Å². The summed E-state index contributed by atoms with van der Waals surface area (Å²) in [4.78, 5) is 11.6. The van der Waals surface area contributed by atoms with E-state index in [9.17, 15) is 18.0 Å². The quantitative estimate of drug-likeness (QED) is 0.398. The number of aryl methyl sites for hydroxylation is 2. The summed E-state index contributed by atoms with van der Waals surface area (Å²) < 4.78 is 42.9. The van der Waals surface area contributed by atoms with E-state index >= 15 is 0 Å². The van der Waals surface area contributed by atoms with Gasteiger partial charge in [-0.25, -0.2) is 13.2 Å².